The molecule has 4 rings (SSSR count). The molecular weight excluding hydrogens is 370 g/mol. The van der Waals surface area contributed by atoms with Crippen LogP contribution in [0.5, 0.6) is 0 Å². The number of aryl methyl sites for hydroxylation is 2. The Hall–Kier alpha value is -2.93. The fourth-order valence-electron chi connectivity index (χ4n) is 3.41. The molecule has 6 nitrogen and oxygen atoms in total. The monoisotopic (exact) mass is 393 g/mol. The van der Waals surface area contributed by atoms with Gasteiger partial charge in [-0.2, -0.15) is 0 Å². The van der Waals surface area contributed by atoms with Crippen LogP contribution < -0.4 is 10.2 Å². The van der Waals surface area contributed by atoms with Crippen molar-refractivity contribution in [2.75, 3.05) is 36.4 Å². The van der Waals surface area contributed by atoms with Crippen molar-refractivity contribution in [3.8, 4) is 11.3 Å². The van der Waals surface area contributed by atoms with Crippen LogP contribution in [0.3, 0.4) is 0 Å². The molecule has 144 valence electrons. The molecule has 1 saturated heterocycles. The molecule has 3 aromatic rings. The Labute approximate surface area is 168 Å². The molecule has 7 heteroatoms. The highest BCUT2D eigenvalue weighted by Gasteiger charge is 2.22. The summed E-state index contributed by atoms with van der Waals surface area (Å²) in [4.78, 5) is 16.4. The van der Waals surface area contributed by atoms with E-state index in [9.17, 15) is 4.79 Å². The van der Waals surface area contributed by atoms with Gasteiger partial charge in [0.05, 0.1) is 10.7 Å². The number of nitrogens with zero attached hydrogens (tertiary/aromatic N) is 4. The standard InChI is InChI=1S/C21H23N5OS/c1-15-5-6-17(16(2)14-15)18-7-8-19(24-23-18)25-9-11-26(12-10-25)21(27)22-20-4-3-13-28-20/h3-8,13-14H,9-12H2,1-2H3,(H,22,27). The number of carbonyl (C=O) groups excluding carboxylic acids is 1. The van der Waals surface area contributed by atoms with E-state index < -0.39 is 0 Å². The lowest BCUT2D eigenvalue weighted by atomic mass is 10.0. The molecule has 0 spiro atoms. The Kier molecular flexibility index (Phi) is 5.25. The molecule has 1 aliphatic heterocycles. The van der Waals surface area contributed by atoms with Gasteiger partial charge in [0.2, 0.25) is 0 Å². The number of carbonyl (C=O) groups is 1. The van der Waals surface area contributed by atoms with Crippen LogP contribution in [0.2, 0.25) is 0 Å². The molecule has 0 unspecified atom stereocenters. The summed E-state index contributed by atoms with van der Waals surface area (Å²) in [5.74, 6) is 0.854. The lowest BCUT2D eigenvalue weighted by Crippen LogP contribution is -2.50. The summed E-state index contributed by atoms with van der Waals surface area (Å²) < 4.78 is 0. The lowest BCUT2D eigenvalue weighted by Gasteiger charge is -2.35. The molecule has 2 aromatic heterocycles. The average molecular weight is 394 g/mol. The van der Waals surface area contributed by atoms with E-state index in [0.29, 0.717) is 13.1 Å². The number of benzene rings is 1. The summed E-state index contributed by atoms with van der Waals surface area (Å²) in [6, 6.07) is 14.2. The number of thiophene rings is 1. The van der Waals surface area contributed by atoms with Crippen molar-refractivity contribution >= 4 is 28.2 Å². The summed E-state index contributed by atoms with van der Waals surface area (Å²) >= 11 is 1.53. The molecule has 1 aliphatic rings. The molecule has 1 aromatic carbocycles. The zero-order valence-electron chi connectivity index (χ0n) is 16.1. The zero-order chi connectivity index (χ0) is 19.5. The molecule has 0 aliphatic carbocycles. The first-order valence-corrected chi connectivity index (χ1v) is 10.2. The van der Waals surface area contributed by atoms with Gasteiger partial charge in [-0.1, -0.05) is 23.8 Å². The number of aromatic nitrogens is 2. The first kappa shape index (κ1) is 18.4. The number of piperazine rings is 1. The second kappa shape index (κ2) is 7.98. The number of urea groups is 1. The van der Waals surface area contributed by atoms with Gasteiger partial charge in [0.25, 0.3) is 0 Å². The van der Waals surface area contributed by atoms with Crippen LogP contribution in [0, 0.1) is 13.8 Å². The number of hydrogen-bond acceptors (Lipinski definition) is 5. The fraction of sp³-hybridized carbons (Fsp3) is 0.286. The third kappa shape index (κ3) is 3.99. The number of rotatable bonds is 3. The maximum Gasteiger partial charge on any atom is 0.322 e. The van der Waals surface area contributed by atoms with E-state index in [1.165, 1.54) is 22.5 Å². The largest absolute Gasteiger partial charge is 0.352 e. The highest BCUT2D eigenvalue weighted by atomic mass is 32.1. The third-order valence-corrected chi connectivity index (χ3v) is 5.74. The number of nitrogens with one attached hydrogen (secondary N) is 1. The average Bonchev–Trinajstić information content (AvgIpc) is 3.21. The van der Waals surface area contributed by atoms with E-state index >= 15 is 0 Å². The van der Waals surface area contributed by atoms with E-state index in [1.807, 2.05) is 34.5 Å². The van der Waals surface area contributed by atoms with E-state index in [-0.39, 0.29) is 6.03 Å². The minimum absolute atomic E-state index is 0.0432. The van der Waals surface area contributed by atoms with Crippen molar-refractivity contribution in [3.63, 3.8) is 0 Å². The Morgan fingerprint density at radius 3 is 2.50 bits per heavy atom. The second-order valence-electron chi connectivity index (χ2n) is 6.98. The van der Waals surface area contributed by atoms with Crippen molar-refractivity contribution in [1.29, 1.82) is 0 Å². The highest BCUT2D eigenvalue weighted by molar-refractivity contribution is 7.14. The second-order valence-corrected chi connectivity index (χ2v) is 7.92. The van der Waals surface area contributed by atoms with Gasteiger partial charge >= 0.3 is 6.03 Å². The van der Waals surface area contributed by atoms with Crippen LogP contribution in [-0.4, -0.2) is 47.3 Å². The number of hydrogen-bond donors (Lipinski definition) is 1. The molecule has 0 atom stereocenters. The van der Waals surface area contributed by atoms with Gasteiger partial charge in [-0.15, -0.1) is 21.5 Å². The summed E-state index contributed by atoms with van der Waals surface area (Å²) in [6.45, 7) is 7.00. The van der Waals surface area contributed by atoms with Gasteiger partial charge < -0.3 is 9.80 Å². The van der Waals surface area contributed by atoms with Gasteiger partial charge in [0, 0.05) is 31.7 Å². The van der Waals surface area contributed by atoms with Gasteiger partial charge in [0.15, 0.2) is 5.82 Å². The maximum atomic E-state index is 12.3. The molecule has 0 radical (unpaired) electrons. The predicted octanol–water partition coefficient (Wildman–Crippen LogP) is 4.18. The highest BCUT2D eigenvalue weighted by Crippen LogP contribution is 2.23. The Morgan fingerprint density at radius 2 is 1.86 bits per heavy atom. The van der Waals surface area contributed by atoms with Gasteiger partial charge in [0.1, 0.15) is 0 Å². The molecule has 0 saturated carbocycles. The van der Waals surface area contributed by atoms with Crippen LogP contribution in [0.4, 0.5) is 15.6 Å². The number of amides is 2. The van der Waals surface area contributed by atoms with Crippen molar-refractivity contribution in [1.82, 2.24) is 15.1 Å². The van der Waals surface area contributed by atoms with Crippen LogP contribution in [0.1, 0.15) is 11.1 Å². The Morgan fingerprint density at radius 1 is 1.04 bits per heavy atom. The lowest BCUT2D eigenvalue weighted by molar-refractivity contribution is 0.208. The van der Waals surface area contributed by atoms with Crippen LogP contribution in [-0.2, 0) is 0 Å². The van der Waals surface area contributed by atoms with Crippen molar-refractivity contribution in [3.05, 3.63) is 59.0 Å². The minimum atomic E-state index is -0.0432. The van der Waals surface area contributed by atoms with Crippen molar-refractivity contribution < 1.29 is 4.79 Å². The van der Waals surface area contributed by atoms with E-state index in [0.717, 1.165) is 35.2 Å². The quantitative estimate of drug-likeness (QED) is 0.725. The molecule has 0 bridgehead atoms. The summed E-state index contributed by atoms with van der Waals surface area (Å²) in [5, 5.41) is 14.6. The normalized spacial score (nSPS) is 14.2. The first-order chi connectivity index (χ1) is 13.6. The molecule has 2 amide bonds. The summed E-state index contributed by atoms with van der Waals surface area (Å²) in [7, 11) is 0. The molecular formula is C21H23N5OS. The third-order valence-electron chi connectivity index (χ3n) is 4.95. The molecule has 28 heavy (non-hydrogen) atoms. The van der Waals surface area contributed by atoms with Crippen molar-refractivity contribution in [2.45, 2.75) is 13.8 Å². The van der Waals surface area contributed by atoms with E-state index in [4.69, 9.17) is 0 Å². The van der Waals surface area contributed by atoms with Crippen LogP contribution in [0.15, 0.2) is 47.8 Å². The maximum absolute atomic E-state index is 12.3. The van der Waals surface area contributed by atoms with E-state index in [1.54, 1.807) is 0 Å². The molecule has 1 N–H and O–H groups in total. The molecule has 1 fully saturated rings. The zero-order valence-corrected chi connectivity index (χ0v) is 16.9. The molecule has 3 heterocycles. The number of anilines is 2. The van der Waals surface area contributed by atoms with Gasteiger partial charge in [-0.25, -0.2) is 4.79 Å². The predicted molar refractivity (Wildman–Crippen MR) is 114 cm³/mol. The Balaban J connectivity index is 1.37. The Bertz CT molecular complexity index is 947. The minimum Gasteiger partial charge on any atom is -0.352 e. The van der Waals surface area contributed by atoms with Crippen LogP contribution in [0.25, 0.3) is 11.3 Å². The summed E-state index contributed by atoms with van der Waals surface area (Å²) in [5.41, 5.74) is 4.44. The van der Waals surface area contributed by atoms with E-state index in [2.05, 4.69) is 52.5 Å². The van der Waals surface area contributed by atoms with Gasteiger partial charge in [-0.3, -0.25) is 5.32 Å². The van der Waals surface area contributed by atoms with Crippen molar-refractivity contribution in [2.24, 2.45) is 0 Å². The first-order valence-electron chi connectivity index (χ1n) is 9.36. The fourth-order valence-corrected chi connectivity index (χ4v) is 4.02. The van der Waals surface area contributed by atoms with Gasteiger partial charge in [-0.05, 0) is 49.1 Å². The summed E-state index contributed by atoms with van der Waals surface area (Å²) in [6.07, 6.45) is 0. The smallest absolute Gasteiger partial charge is 0.322 e. The van der Waals surface area contributed by atoms with Crippen LogP contribution >= 0.6 is 11.3 Å². The SMILES string of the molecule is Cc1ccc(-c2ccc(N3CCN(C(=O)Nc4cccs4)CC3)nn2)c(C)c1. The topological polar surface area (TPSA) is 61.4 Å².